The maximum Gasteiger partial charge on any atom is 0.0389 e. The molecule has 14 heavy (non-hydrogen) atoms. The van der Waals surface area contributed by atoms with Crippen molar-refractivity contribution in [3.05, 3.63) is 32.9 Å². The van der Waals surface area contributed by atoms with Crippen LogP contribution in [0.1, 0.15) is 29.6 Å². The number of aryl methyl sites for hydroxylation is 1. The summed E-state index contributed by atoms with van der Waals surface area (Å²) in [5.74, 6) is 0. The second kappa shape index (κ2) is 5.69. The fraction of sp³-hybridized carbons (Fsp3) is 0.455. The molecule has 1 N–H and O–H groups in total. The monoisotopic (exact) mass is 273 g/mol. The topological polar surface area (TPSA) is 12.0 Å². The molecule has 1 aromatic heterocycles. The molecule has 0 bridgehead atoms. The zero-order chi connectivity index (χ0) is 10.6. The van der Waals surface area contributed by atoms with Crippen LogP contribution in [-0.4, -0.2) is 6.54 Å². The molecule has 1 heterocycles. The predicted octanol–water partition coefficient (Wildman–Crippen LogP) is 3.87. The molecule has 1 nitrogen and oxygen atoms in total. The number of halogens is 1. The van der Waals surface area contributed by atoms with Crippen molar-refractivity contribution in [1.82, 2.24) is 5.32 Å². The van der Waals surface area contributed by atoms with E-state index in [9.17, 15) is 0 Å². The lowest BCUT2D eigenvalue weighted by Crippen LogP contribution is -2.18. The highest BCUT2D eigenvalue weighted by atomic mass is 79.9. The lowest BCUT2D eigenvalue weighted by molar-refractivity contribution is 0.626. The van der Waals surface area contributed by atoms with Gasteiger partial charge in [0.25, 0.3) is 0 Å². The van der Waals surface area contributed by atoms with Gasteiger partial charge in [0.1, 0.15) is 0 Å². The molecule has 78 valence electrons. The summed E-state index contributed by atoms with van der Waals surface area (Å²) in [6.07, 6.45) is 1.13. The third-order valence-electron chi connectivity index (χ3n) is 2.06. The van der Waals surface area contributed by atoms with Crippen LogP contribution in [-0.2, 0) is 6.42 Å². The van der Waals surface area contributed by atoms with Gasteiger partial charge in [0, 0.05) is 26.8 Å². The Morgan fingerprint density at radius 1 is 1.64 bits per heavy atom. The molecule has 0 saturated heterocycles. The van der Waals surface area contributed by atoms with Crippen LogP contribution in [0.4, 0.5) is 0 Å². The van der Waals surface area contributed by atoms with Crippen LogP contribution in [0.15, 0.2) is 23.2 Å². The molecule has 0 aliphatic rings. The summed E-state index contributed by atoms with van der Waals surface area (Å²) >= 11 is 5.23. The Bertz CT molecular complexity index is 306. The van der Waals surface area contributed by atoms with E-state index in [4.69, 9.17) is 0 Å². The van der Waals surface area contributed by atoms with Crippen molar-refractivity contribution in [1.29, 1.82) is 0 Å². The number of thiophene rings is 1. The Kier molecular flexibility index (Phi) is 4.85. The average Bonchev–Trinajstić information content (AvgIpc) is 2.62. The second-order valence-electron chi connectivity index (χ2n) is 3.28. The highest BCUT2D eigenvalue weighted by molar-refractivity contribution is 9.11. The van der Waals surface area contributed by atoms with Gasteiger partial charge in [-0.05, 0) is 25.5 Å². The molecular formula is C11H16BrNS. The number of rotatable bonds is 5. The lowest BCUT2D eigenvalue weighted by atomic mass is 10.2. The predicted molar refractivity (Wildman–Crippen MR) is 68.2 cm³/mol. The first-order valence-corrected chi connectivity index (χ1v) is 6.39. The van der Waals surface area contributed by atoms with E-state index in [2.05, 4.69) is 53.8 Å². The standard InChI is InChI=1S/C11H16BrNS/c1-4-10-5-6-11(14-10)9(3)13-7-8(2)12/h5-6,9,13H,2,4,7H2,1,3H3. The Balaban J connectivity index is 2.51. The van der Waals surface area contributed by atoms with Crippen LogP contribution < -0.4 is 5.32 Å². The Labute approximate surface area is 98.4 Å². The van der Waals surface area contributed by atoms with Crippen LogP contribution in [0, 0.1) is 0 Å². The number of nitrogens with one attached hydrogen (secondary N) is 1. The van der Waals surface area contributed by atoms with E-state index in [-0.39, 0.29) is 0 Å². The summed E-state index contributed by atoms with van der Waals surface area (Å²) in [4.78, 5) is 2.85. The van der Waals surface area contributed by atoms with Crippen molar-refractivity contribution in [2.45, 2.75) is 26.3 Å². The molecule has 0 aromatic carbocycles. The maximum atomic E-state index is 3.80. The smallest absolute Gasteiger partial charge is 0.0389 e. The van der Waals surface area contributed by atoms with Crippen molar-refractivity contribution >= 4 is 27.3 Å². The van der Waals surface area contributed by atoms with Crippen molar-refractivity contribution in [2.75, 3.05) is 6.54 Å². The van der Waals surface area contributed by atoms with E-state index in [1.54, 1.807) is 0 Å². The normalized spacial score (nSPS) is 12.8. The minimum atomic E-state index is 0.412. The van der Waals surface area contributed by atoms with Gasteiger partial charge in [0.2, 0.25) is 0 Å². The van der Waals surface area contributed by atoms with Gasteiger partial charge in [0.15, 0.2) is 0 Å². The van der Waals surface area contributed by atoms with Gasteiger partial charge in [0.05, 0.1) is 0 Å². The fourth-order valence-corrected chi connectivity index (χ4v) is 2.32. The van der Waals surface area contributed by atoms with E-state index < -0.39 is 0 Å². The molecule has 0 spiro atoms. The quantitative estimate of drug-likeness (QED) is 0.859. The SMILES string of the molecule is C=C(Br)CNC(C)c1ccc(CC)s1. The van der Waals surface area contributed by atoms with Crippen LogP contribution in [0.3, 0.4) is 0 Å². The zero-order valence-electron chi connectivity index (χ0n) is 8.64. The molecule has 1 atom stereocenters. The molecule has 1 unspecified atom stereocenters. The van der Waals surface area contributed by atoms with Gasteiger partial charge >= 0.3 is 0 Å². The van der Waals surface area contributed by atoms with Crippen molar-refractivity contribution < 1.29 is 0 Å². The van der Waals surface area contributed by atoms with Gasteiger partial charge in [-0.1, -0.05) is 29.4 Å². The average molecular weight is 274 g/mol. The lowest BCUT2D eigenvalue weighted by Gasteiger charge is -2.10. The molecule has 0 aliphatic heterocycles. The molecule has 1 rings (SSSR count). The Morgan fingerprint density at radius 3 is 2.86 bits per heavy atom. The van der Waals surface area contributed by atoms with Gasteiger partial charge < -0.3 is 5.32 Å². The van der Waals surface area contributed by atoms with E-state index in [0.717, 1.165) is 17.4 Å². The van der Waals surface area contributed by atoms with E-state index in [1.165, 1.54) is 9.75 Å². The third kappa shape index (κ3) is 3.56. The summed E-state index contributed by atoms with van der Waals surface area (Å²) in [6.45, 7) is 8.99. The van der Waals surface area contributed by atoms with Gasteiger partial charge in [-0.2, -0.15) is 0 Å². The zero-order valence-corrected chi connectivity index (χ0v) is 11.0. The van der Waals surface area contributed by atoms with Crippen LogP contribution in [0.2, 0.25) is 0 Å². The van der Waals surface area contributed by atoms with Crippen LogP contribution in [0.25, 0.3) is 0 Å². The van der Waals surface area contributed by atoms with Crippen molar-refractivity contribution in [3.63, 3.8) is 0 Å². The summed E-state index contributed by atoms with van der Waals surface area (Å²) in [7, 11) is 0. The molecule has 0 radical (unpaired) electrons. The summed E-state index contributed by atoms with van der Waals surface area (Å²) in [5, 5.41) is 3.40. The Morgan fingerprint density at radius 2 is 2.36 bits per heavy atom. The van der Waals surface area contributed by atoms with E-state index in [1.807, 2.05) is 11.3 Å². The van der Waals surface area contributed by atoms with Gasteiger partial charge in [-0.25, -0.2) is 0 Å². The van der Waals surface area contributed by atoms with Crippen molar-refractivity contribution in [2.24, 2.45) is 0 Å². The first kappa shape index (κ1) is 12.0. The molecule has 3 heteroatoms. The largest absolute Gasteiger partial charge is 0.305 e. The molecular weight excluding hydrogens is 258 g/mol. The van der Waals surface area contributed by atoms with E-state index >= 15 is 0 Å². The summed E-state index contributed by atoms with van der Waals surface area (Å²) in [5.41, 5.74) is 0. The summed E-state index contributed by atoms with van der Waals surface area (Å²) < 4.78 is 0.997. The molecule has 0 fully saturated rings. The highest BCUT2D eigenvalue weighted by Gasteiger charge is 2.07. The minimum absolute atomic E-state index is 0.412. The molecule has 0 aliphatic carbocycles. The molecule has 1 aromatic rings. The van der Waals surface area contributed by atoms with Crippen LogP contribution in [0.5, 0.6) is 0 Å². The fourth-order valence-electron chi connectivity index (χ4n) is 1.18. The van der Waals surface area contributed by atoms with Gasteiger partial charge in [-0.15, -0.1) is 11.3 Å². The van der Waals surface area contributed by atoms with Crippen molar-refractivity contribution in [3.8, 4) is 0 Å². The summed E-state index contributed by atoms with van der Waals surface area (Å²) in [6, 6.07) is 4.83. The number of hydrogen-bond donors (Lipinski definition) is 1. The second-order valence-corrected chi connectivity index (χ2v) is 5.60. The van der Waals surface area contributed by atoms with Gasteiger partial charge in [-0.3, -0.25) is 0 Å². The maximum absolute atomic E-state index is 3.80. The minimum Gasteiger partial charge on any atom is -0.305 e. The Hall–Kier alpha value is -0.120. The number of hydrogen-bond acceptors (Lipinski definition) is 2. The first-order chi connectivity index (χ1) is 6.63. The molecule has 0 saturated carbocycles. The highest BCUT2D eigenvalue weighted by Crippen LogP contribution is 2.23. The molecule has 0 amide bonds. The first-order valence-electron chi connectivity index (χ1n) is 4.78. The van der Waals surface area contributed by atoms with Crippen LogP contribution >= 0.6 is 27.3 Å². The van der Waals surface area contributed by atoms with E-state index in [0.29, 0.717) is 6.04 Å². The third-order valence-corrected chi connectivity index (χ3v) is 3.75.